The van der Waals surface area contributed by atoms with Crippen molar-refractivity contribution in [3.05, 3.63) is 81.5 Å². The van der Waals surface area contributed by atoms with Gasteiger partial charge in [0.05, 0.1) is 22.2 Å². The van der Waals surface area contributed by atoms with Crippen molar-refractivity contribution in [2.24, 2.45) is 0 Å². The normalized spacial score (nSPS) is 12.1. The Kier molecular flexibility index (Phi) is 5.31. The highest BCUT2D eigenvalue weighted by Crippen LogP contribution is 2.37. The number of alkyl halides is 3. The summed E-state index contributed by atoms with van der Waals surface area (Å²) in [6.07, 6.45) is -3.01. The van der Waals surface area contributed by atoms with E-state index in [1.54, 1.807) is 30.3 Å². The number of hydrogen-bond acceptors (Lipinski definition) is 2. The van der Waals surface area contributed by atoms with Crippen LogP contribution in [0.4, 0.5) is 13.2 Å². The van der Waals surface area contributed by atoms with Gasteiger partial charge in [0.2, 0.25) is 0 Å². The fourth-order valence-electron chi connectivity index (χ4n) is 2.44. The molecule has 0 N–H and O–H groups in total. The van der Waals surface area contributed by atoms with Gasteiger partial charge in [-0.25, -0.2) is 0 Å². The Morgan fingerprint density at radius 2 is 1.81 bits per heavy atom. The second-order valence-electron chi connectivity index (χ2n) is 5.57. The highest BCUT2D eigenvalue weighted by Gasteiger charge is 2.31. The third kappa shape index (κ3) is 4.36. The second-order valence-corrected chi connectivity index (χ2v) is 6.42. The summed E-state index contributed by atoms with van der Waals surface area (Å²) in [5.41, 5.74) is 0.188. The predicted molar refractivity (Wildman–Crippen MR) is 99.1 cm³/mol. The second kappa shape index (κ2) is 7.51. The highest BCUT2D eigenvalue weighted by atomic mass is 35.5. The van der Waals surface area contributed by atoms with Crippen LogP contribution in [0.3, 0.4) is 0 Å². The molecule has 1 heterocycles. The molecule has 0 bridgehead atoms. The highest BCUT2D eigenvalue weighted by molar-refractivity contribution is 6.33. The van der Waals surface area contributed by atoms with Crippen molar-refractivity contribution in [3.63, 3.8) is 0 Å². The molecule has 0 atom stereocenters. The van der Waals surface area contributed by atoms with Crippen LogP contribution in [0.15, 0.2) is 59.0 Å². The van der Waals surface area contributed by atoms with Crippen LogP contribution in [0.2, 0.25) is 10.0 Å². The number of furan rings is 1. The van der Waals surface area contributed by atoms with Crippen molar-refractivity contribution in [2.45, 2.75) is 6.18 Å². The lowest BCUT2D eigenvalue weighted by molar-refractivity contribution is -0.137. The standard InChI is InChI=1S/C20H10Cl2F3NO/c21-15-3-1-2-12(8-15)13(11-26)9-16-5-7-19(27-16)17-10-14(20(23,24)25)4-6-18(17)22/h1-10H/b13-9+. The Bertz CT molecular complexity index is 1060. The molecule has 1 aromatic heterocycles. The maximum Gasteiger partial charge on any atom is 0.416 e. The Balaban J connectivity index is 1.99. The molecule has 0 unspecified atom stereocenters. The molecule has 0 saturated carbocycles. The lowest BCUT2D eigenvalue weighted by atomic mass is 10.1. The van der Waals surface area contributed by atoms with Crippen LogP contribution >= 0.6 is 23.2 Å². The van der Waals surface area contributed by atoms with Gasteiger partial charge in [-0.1, -0.05) is 35.3 Å². The molecule has 0 fully saturated rings. The number of nitrogens with zero attached hydrogens (tertiary/aromatic N) is 1. The van der Waals surface area contributed by atoms with E-state index in [4.69, 9.17) is 27.6 Å². The molecule has 0 spiro atoms. The summed E-state index contributed by atoms with van der Waals surface area (Å²) in [6, 6.07) is 14.8. The first-order chi connectivity index (χ1) is 12.8. The van der Waals surface area contributed by atoms with Crippen LogP contribution in [0.25, 0.3) is 23.0 Å². The zero-order chi connectivity index (χ0) is 19.6. The molecule has 3 aromatic rings. The van der Waals surface area contributed by atoms with Gasteiger partial charge in [-0.2, -0.15) is 18.4 Å². The fraction of sp³-hybridized carbons (Fsp3) is 0.0500. The van der Waals surface area contributed by atoms with E-state index in [1.165, 1.54) is 18.2 Å². The zero-order valence-electron chi connectivity index (χ0n) is 13.5. The molecule has 0 radical (unpaired) electrons. The lowest BCUT2D eigenvalue weighted by Crippen LogP contribution is -2.04. The Morgan fingerprint density at radius 3 is 2.48 bits per heavy atom. The van der Waals surface area contributed by atoms with Gasteiger partial charge in [0, 0.05) is 10.6 Å². The Hall–Kier alpha value is -2.68. The molecule has 0 saturated heterocycles. The van der Waals surface area contributed by atoms with Gasteiger partial charge in [-0.05, 0) is 54.1 Å². The van der Waals surface area contributed by atoms with E-state index in [9.17, 15) is 18.4 Å². The maximum atomic E-state index is 12.9. The smallest absolute Gasteiger partial charge is 0.416 e. The summed E-state index contributed by atoms with van der Waals surface area (Å²) in [5, 5.41) is 9.98. The van der Waals surface area contributed by atoms with Crippen LogP contribution in [0.1, 0.15) is 16.9 Å². The lowest BCUT2D eigenvalue weighted by Gasteiger charge is -2.09. The van der Waals surface area contributed by atoms with Gasteiger partial charge in [-0.15, -0.1) is 0 Å². The topological polar surface area (TPSA) is 36.9 Å². The van der Waals surface area contributed by atoms with Crippen molar-refractivity contribution >= 4 is 34.9 Å². The number of rotatable bonds is 3. The monoisotopic (exact) mass is 407 g/mol. The fourth-order valence-corrected chi connectivity index (χ4v) is 2.84. The minimum absolute atomic E-state index is 0.118. The van der Waals surface area contributed by atoms with Crippen LogP contribution in [-0.2, 0) is 6.18 Å². The van der Waals surface area contributed by atoms with Crippen LogP contribution in [0, 0.1) is 11.3 Å². The molecule has 0 aliphatic carbocycles. The van der Waals surface area contributed by atoms with E-state index in [-0.39, 0.29) is 16.3 Å². The maximum absolute atomic E-state index is 12.9. The van der Waals surface area contributed by atoms with Gasteiger partial charge < -0.3 is 4.42 Å². The first-order valence-corrected chi connectivity index (χ1v) is 8.38. The van der Waals surface area contributed by atoms with E-state index in [0.29, 0.717) is 21.9 Å². The zero-order valence-corrected chi connectivity index (χ0v) is 15.0. The van der Waals surface area contributed by atoms with Crippen molar-refractivity contribution < 1.29 is 17.6 Å². The van der Waals surface area contributed by atoms with Crippen LogP contribution in [-0.4, -0.2) is 0 Å². The Labute approximate surface area is 163 Å². The molecular formula is C20H10Cl2F3NO. The van der Waals surface area contributed by atoms with Gasteiger partial charge in [-0.3, -0.25) is 0 Å². The van der Waals surface area contributed by atoms with E-state index in [0.717, 1.165) is 12.1 Å². The number of allylic oxidation sites excluding steroid dienone is 1. The molecule has 0 aliphatic heterocycles. The van der Waals surface area contributed by atoms with Crippen molar-refractivity contribution in [1.29, 1.82) is 5.26 Å². The summed E-state index contributed by atoms with van der Waals surface area (Å²) in [6.45, 7) is 0. The summed E-state index contributed by atoms with van der Waals surface area (Å²) < 4.78 is 44.4. The largest absolute Gasteiger partial charge is 0.457 e. The molecular weight excluding hydrogens is 398 g/mol. The number of benzene rings is 2. The van der Waals surface area contributed by atoms with Crippen molar-refractivity contribution in [3.8, 4) is 17.4 Å². The van der Waals surface area contributed by atoms with Gasteiger partial charge in [0.25, 0.3) is 0 Å². The number of hydrogen-bond donors (Lipinski definition) is 0. The quantitative estimate of drug-likeness (QED) is 0.425. The summed E-state index contributed by atoms with van der Waals surface area (Å²) in [7, 11) is 0. The summed E-state index contributed by atoms with van der Waals surface area (Å²) in [4.78, 5) is 0. The first kappa shape index (κ1) is 19.1. The summed E-state index contributed by atoms with van der Waals surface area (Å²) >= 11 is 12.0. The third-order valence-electron chi connectivity index (χ3n) is 3.73. The molecule has 7 heteroatoms. The molecule has 2 nitrogen and oxygen atoms in total. The van der Waals surface area contributed by atoms with Gasteiger partial charge >= 0.3 is 6.18 Å². The summed E-state index contributed by atoms with van der Waals surface area (Å²) in [5.74, 6) is 0.468. The molecule has 0 amide bonds. The van der Waals surface area contributed by atoms with Gasteiger partial charge in [0.15, 0.2) is 0 Å². The predicted octanol–water partition coefficient (Wildman–Crippen LogP) is 7.34. The van der Waals surface area contributed by atoms with Gasteiger partial charge in [0.1, 0.15) is 11.5 Å². The average molecular weight is 408 g/mol. The average Bonchev–Trinajstić information content (AvgIpc) is 3.07. The first-order valence-electron chi connectivity index (χ1n) is 7.62. The number of nitriles is 1. The molecule has 27 heavy (non-hydrogen) atoms. The molecule has 2 aromatic carbocycles. The SMILES string of the molecule is N#C/C(=C\c1ccc(-c2cc(C(F)(F)F)ccc2Cl)o1)c1cccc(Cl)c1. The van der Waals surface area contributed by atoms with E-state index in [2.05, 4.69) is 6.07 Å². The molecule has 0 aliphatic rings. The van der Waals surface area contributed by atoms with Crippen molar-refractivity contribution in [2.75, 3.05) is 0 Å². The third-order valence-corrected chi connectivity index (χ3v) is 4.29. The van der Waals surface area contributed by atoms with E-state index < -0.39 is 11.7 Å². The van der Waals surface area contributed by atoms with Crippen LogP contribution < -0.4 is 0 Å². The minimum atomic E-state index is -4.49. The van der Waals surface area contributed by atoms with Crippen molar-refractivity contribution in [1.82, 2.24) is 0 Å². The minimum Gasteiger partial charge on any atom is -0.457 e. The Morgan fingerprint density at radius 1 is 1.04 bits per heavy atom. The number of halogens is 5. The van der Waals surface area contributed by atoms with E-state index in [1.807, 2.05) is 0 Å². The van der Waals surface area contributed by atoms with Crippen LogP contribution in [0.5, 0.6) is 0 Å². The molecule has 3 rings (SSSR count). The van der Waals surface area contributed by atoms with E-state index >= 15 is 0 Å². The molecule has 136 valence electrons.